The van der Waals surface area contributed by atoms with E-state index in [1.54, 1.807) is 36.4 Å². The Morgan fingerprint density at radius 3 is 2.60 bits per heavy atom. The number of nitrogens with zero attached hydrogens (tertiary/aromatic N) is 2. The molecule has 3 aromatic rings. The van der Waals surface area contributed by atoms with E-state index < -0.39 is 12.0 Å². The number of nitrogen functional groups attached to an aromatic ring is 1. The van der Waals surface area contributed by atoms with Gasteiger partial charge in [0.1, 0.15) is 22.8 Å². The topological polar surface area (TPSA) is 155 Å². The zero-order chi connectivity index (χ0) is 24.7. The number of carbonyl (C=O) groups excluding carboxylic acids is 2. The summed E-state index contributed by atoms with van der Waals surface area (Å²) < 4.78 is 12.2. The van der Waals surface area contributed by atoms with Crippen molar-refractivity contribution in [1.82, 2.24) is 15.1 Å². The van der Waals surface area contributed by atoms with E-state index in [1.165, 1.54) is 11.8 Å². The molecule has 4 atom stereocenters. The molecular formula is C25H27N5O5. The minimum atomic E-state index is -0.690. The second kappa shape index (κ2) is 9.05. The molecule has 5 rings (SSSR count). The zero-order valence-electron chi connectivity index (χ0n) is 19.2. The number of carbonyl (C=O) groups is 2. The van der Waals surface area contributed by atoms with Gasteiger partial charge in [-0.1, -0.05) is 36.4 Å². The molecule has 1 aliphatic heterocycles. The van der Waals surface area contributed by atoms with Crippen molar-refractivity contribution in [3.8, 4) is 17.0 Å². The highest BCUT2D eigenvalue weighted by Gasteiger charge is 2.55. The Bertz CT molecular complexity index is 1270. The fourth-order valence-corrected chi connectivity index (χ4v) is 4.99. The van der Waals surface area contributed by atoms with Gasteiger partial charge in [0.2, 0.25) is 0 Å². The van der Waals surface area contributed by atoms with Crippen LogP contribution < -0.4 is 21.5 Å². The van der Waals surface area contributed by atoms with E-state index in [-0.39, 0.29) is 35.2 Å². The maximum absolute atomic E-state index is 12.6. The number of nitrogens with two attached hydrogens (primary N) is 2. The maximum Gasteiger partial charge on any atom is 0.255 e. The molecule has 1 saturated carbocycles. The third kappa shape index (κ3) is 3.90. The monoisotopic (exact) mass is 477 g/mol. The van der Waals surface area contributed by atoms with Crippen molar-refractivity contribution in [1.29, 1.82) is 0 Å². The molecule has 1 aliphatic carbocycles. The van der Waals surface area contributed by atoms with Crippen molar-refractivity contribution in [3.63, 3.8) is 0 Å². The molecule has 1 saturated heterocycles. The lowest BCUT2D eigenvalue weighted by atomic mass is 9.69. The maximum atomic E-state index is 12.6. The number of rotatable bonds is 7. The molecule has 2 fully saturated rings. The SMILES string of the molecule is COc1ccccc1C(=O)NCc1ccc(-c2nn(C3C(O)[C@@H]4COCC34)c(N)c2C(N)=O)cc1. The minimum Gasteiger partial charge on any atom is -0.496 e. The molecule has 6 N–H and O–H groups in total. The minimum absolute atomic E-state index is 0.0504. The van der Waals surface area contributed by atoms with Gasteiger partial charge in [-0.15, -0.1) is 0 Å². The summed E-state index contributed by atoms with van der Waals surface area (Å²) in [5.41, 5.74) is 14.3. The average molecular weight is 478 g/mol. The van der Waals surface area contributed by atoms with Crippen molar-refractivity contribution < 1.29 is 24.2 Å². The van der Waals surface area contributed by atoms with Gasteiger partial charge < -0.3 is 31.4 Å². The summed E-state index contributed by atoms with van der Waals surface area (Å²) in [6.07, 6.45) is -0.646. The largest absolute Gasteiger partial charge is 0.496 e. The molecule has 0 bridgehead atoms. The van der Waals surface area contributed by atoms with Crippen LogP contribution in [0.4, 0.5) is 5.82 Å². The highest BCUT2D eigenvalue weighted by atomic mass is 16.5. The van der Waals surface area contributed by atoms with Gasteiger partial charge in [0.25, 0.3) is 11.8 Å². The summed E-state index contributed by atoms with van der Waals surface area (Å²) in [5.74, 6) is -0.161. The van der Waals surface area contributed by atoms with Crippen LogP contribution >= 0.6 is 0 Å². The molecule has 2 heterocycles. The number of nitrogens with one attached hydrogen (secondary N) is 1. The van der Waals surface area contributed by atoms with Gasteiger partial charge in [-0.2, -0.15) is 5.10 Å². The number of para-hydroxylation sites is 1. The van der Waals surface area contributed by atoms with Crippen molar-refractivity contribution in [2.75, 3.05) is 26.1 Å². The first-order chi connectivity index (χ1) is 16.9. The van der Waals surface area contributed by atoms with E-state index in [4.69, 9.17) is 20.9 Å². The summed E-state index contributed by atoms with van der Waals surface area (Å²) in [6.45, 7) is 1.32. The van der Waals surface area contributed by atoms with E-state index in [9.17, 15) is 14.7 Å². The van der Waals surface area contributed by atoms with Crippen LogP contribution in [0, 0.1) is 11.8 Å². The van der Waals surface area contributed by atoms with Gasteiger partial charge in [0, 0.05) is 23.9 Å². The van der Waals surface area contributed by atoms with Crippen LogP contribution in [0.15, 0.2) is 48.5 Å². The Morgan fingerprint density at radius 2 is 1.89 bits per heavy atom. The molecule has 3 unspecified atom stereocenters. The number of amides is 2. The summed E-state index contributed by atoms with van der Waals surface area (Å²) in [4.78, 5) is 24.8. The molecule has 0 radical (unpaired) electrons. The molecule has 1 aromatic heterocycles. The number of fused-ring (bicyclic) bond motifs is 1. The second-order valence-electron chi connectivity index (χ2n) is 8.84. The summed E-state index contributed by atoms with van der Waals surface area (Å²) >= 11 is 0. The third-order valence-electron chi connectivity index (χ3n) is 6.91. The van der Waals surface area contributed by atoms with Crippen LogP contribution in [0.5, 0.6) is 5.75 Å². The van der Waals surface area contributed by atoms with Crippen LogP contribution in [0.1, 0.15) is 32.3 Å². The van der Waals surface area contributed by atoms with Crippen LogP contribution in [0.3, 0.4) is 0 Å². The second-order valence-corrected chi connectivity index (χ2v) is 8.84. The smallest absolute Gasteiger partial charge is 0.255 e. The average Bonchev–Trinajstić information content (AvgIpc) is 3.44. The Labute approximate surface area is 201 Å². The van der Waals surface area contributed by atoms with Crippen LogP contribution in [0.25, 0.3) is 11.3 Å². The number of hydrogen-bond acceptors (Lipinski definition) is 7. The fraction of sp³-hybridized carbons (Fsp3) is 0.320. The highest BCUT2D eigenvalue weighted by molar-refractivity contribution is 6.03. The Balaban J connectivity index is 1.35. The number of aromatic nitrogens is 2. The molecule has 10 nitrogen and oxygen atoms in total. The first-order valence-corrected chi connectivity index (χ1v) is 11.3. The van der Waals surface area contributed by atoms with Gasteiger partial charge in [0.05, 0.1) is 38.0 Å². The standard InChI is InChI=1S/C25H27N5O5/c1-34-18-5-3-2-4-15(18)25(33)28-10-13-6-8-14(9-7-13)20-19(24(27)32)23(26)30(29-20)21-16-11-35-12-17(16)22(21)31/h2-9,16-17,21-22,31H,10-12,26H2,1H3,(H2,27,32)(H,28,33)/t16?,17-,21?,22?/m1/s1. The third-order valence-corrected chi connectivity index (χ3v) is 6.91. The van der Waals surface area contributed by atoms with E-state index in [0.717, 1.165) is 5.56 Å². The molecule has 2 aliphatic rings. The van der Waals surface area contributed by atoms with Gasteiger partial charge in [0.15, 0.2) is 0 Å². The summed E-state index contributed by atoms with van der Waals surface area (Å²) in [6, 6.07) is 13.9. The molecular weight excluding hydrogens is 450 g/mol. The Hall–Kier alpha value is -3.89. The number of aliphatic hydroxyl groups is 1. The van der Waals surface area contributed by atoms with Gasteiger partial charge in [-0.05, 0) is 17.7 Å². The summed E-state index contributed by atoms with van der Waals surface area (Å²) in [5, 5.41) is 18.0. The number of benzene rings is 2. The van der Waals surface area contributed by atoms with E-state index >= 15 is 0 Å². The van der Waals surface area contributed by atoms with Crippen molar-refractivity contribution >= 4 is 17.6 Å². The quantitative estimate of drug-likeness (QED) is 0.400. The van der Waals surface area contributed by atoms with Crippen LogP contribution in [-0.2, 0) is 11.3 Å². The molecule has 2 amide bonds. The van der Waals surface area contributed by atoms with Crippen LogP contribution in [-0.4, -0.2) is 53.1 Å². The fourth-order valence-electron chi connectivity index (χ4n) is 4.99. The van der Waals surface area contributed by atoms with Gasteiger partial charge >= 0.3 is 0 Å². The zero-order valence-corrected chi connectivity index (χ0v) is 19.2. The van der Waals surface area contributed by atoms with E-state index in [1.807, 2.05) is 12.1 Å². The number of methoxy groups -OCH3 is 1. The van der Waals surface area contributed by atoms with Crippen LogP contribution in [0.2, 0.25) is 0 Å². The predicted octanol–water partition coefficient (Wildman–Crippen LogP) is 1.35. The Kier molecular flexibility index (Phi) is 5.91. The number of ether oxygens (including phenoxy) is 2. The van der Waals surface area contributed by atoms with Gasteiger partial charge in [-0.3, -0.25) is 9.59 Å². The molecule has 182 valence electrons. The van der Waals surface area contributed by atoms with Crippen molar-refractivity contribution in [2.24, 2.45) is 17.6 Å². The lowest BCUT2D eigenvalue weighted by molar-refractivity contribution is -0.0694. The summed E-state index contributed by atoms with van der Waals surface area (Å²) in [7, 11) is 1.52. The van der Waals surface area contributed by atoms with Crippen molar-refractivity contribution in [3.05, 3.63) is 65.2 Å². The molecule has 2 aromatic carbocycles. The number of primary amides is 1. The molecule has 0 spiro atoms. The molecule has 35 heavy (non-hydrogen) atoms. The Morgan fingerprint density at radius 1 is 1.17 bits per heavy atom. The normalized spacial score (nSPS) is 22.8. The van der Waals surface area contributed by atoms with Gasteiger partial charge in [-0.25, -0.2) is 4.68 Å². The first kappa shape index (κ1) is 22.9. The lowest BCUT2D eigenvalue weighted by Gasteiger charge is -2.44. The highest BCUT2D eigenvalue weighted by Crippen LogP contribution is 2.49. The number of anilines is 1. The predicted molar refractivity (Wildman–Crippen MR) is 128 cm³/mol. The van der Waals surface area contributed by atoms with E-state index in [2.05, 4.69) is 10.4 Å². The number of aliphatic hydroxyl groups excluding tert-OH is 1. The van der Waals surface area contributed by atoms with E-state index in [0.29, 0.717) is 42.3 Å². The first-order valence-electron chi connectivity index (χ1n) is 11.3. The number of hydrogen-bond donors (Lipinski definition) is 4. The van der Waals surface area contributed by atoms with Crippen molar-refractivity contribution in [2.45, 2.75) is 18.7 Å². The lowest BCUT2D eigenvalue weighted by Crippen LogP contribution is -2.52. The molecule has 10 heteroatoms.